The fourth-order valence-electron chi connectivity index (χ4n) is 2.30. The Labute approximate surface area is 123 Å². The zero-order valence-electron chi connectivity index (χ0n) is 11.5. The lowest BCUT2D eigenvalue weighted by molar-refractivity contribution is 0.306. The zero-order valence-corrected chi connectivity index (χ0v) is 11.5. The molecule has 21 heavy (non-hydrogen) atoms. The van der Waals surface area contributed by atoms with E-state index in [-0.39, 0.29) is 0 Å². The first kappa shape index (κ1) is 13.2. The van der Waals surface area contributed by atoms with Crippen LogP contribution in [0.15, 0.2) is 54.9 Å². The molecule has 0 radical (unpaired) electrons. The molecule has 3 aromatic rings. The van der Waals surface area contributed by atoms with Crippen molar-refractivity contribution in [1.29, 1.82) is 5.26 Å². The van der Waals surface area contributed by atoms with Crippen LogP contribution in [0.2, 0.25) is 0 Å². The van der Waals surface area contributed by atoms with Crippen LogP contribution in [0.5, 0.6) is 5.75 Å². The van der Waals surface area contributed by atoms with Crippen LogP contribution in [-0.4, -0.2) is 4.40 Å². The summed E-state index contributed by atoms with van der Waals surface area (Å²) >= 11 is 0. The fourth-order valence-corrected chi connectivity index (χ4v) is 2.30. The van der Waals surface area contributed by atoms with Gasteiger partial charge in [-0.05, 0) is 29.8 Å². The number of nitriles is 1. The van der Waals surface area contributed by atoms with Gasteiger partial charge in [-0.1, -0.05) is 18.2 Å². The molecular formula is C17H15N3O. The Balaban J connectivity index is 1.83. The molecule has 0 fully saturated rings. The van der Waals surface area contributed by atoms with E-state index in [0.717, 1.165) is 22.4 Å². The number of rotatable bonds is 4. The molecule has 2 heterocycles. The summed E-state index contributed by atoms with van der Waals surface area (Å²) in [6.45, 7) is 0.885. The number of pyridine rings is 1. The number of hydrogen-bond acceptors (Lipinski definition) is 3. The van der Waals surface area contributed by atoms with Crippen molar-refractivity contribution in [2.45, 2.75) is 13.2 Å². The van der Waals surface area contributed by atoms with E-state index < -0.39 is 0 Å². The maximum atomic E-state index is 9.34. The Kier molecular flexibility index (Phi) is 3.59. The number of benzene rings is 1. The molecular weight excluding hydrogens is 262 g/mol. The average Bonchev–Trinajstić information content (AvgIpc) is 2.91. The third-order valence-electron chi connectivity index (χ3n) is 3.43. The number of nitrogens with zero attached hydrogens (tertiary/aromatic N) is 2. The molecule has 4 nitrogen and oxygen atoms in total. The van der Waals surface area contributed by atoms with E-state index in [1.165, 1.54) is 0 Å². The maximum absolute atomic E-state index is 9.34. The van der Waals surface area contributed by atoms with Crippen molar-refractivity contribution in [3.05, 3.63) is 71.5 Å². The van der Waals surface area contributed by atoms with Gasteiger partial charge in [0.25, 0.3) is 0 Å². The third-order valence-corrected chi connectivity index (χ3v) is 3.43. The molecule has 2 aromatic heterocycles. The summed E-state index contributed by atoms with van der Waals surface area (Å²) in [5.74, 6) is 0.770. The van der Waals surface area contributed by atoms with Gasteiger partial charge in [-0.2, -0.15) is 5.26 Å². The van der Waals surface area contributed by atoms with Crippen molar-refractivity contribution >= 4 is 5.52 Å². The molecule has 1 aromatic carbocycles. The normalized spacial score (nSPS) is 10.5. The van der Waals surface area contributed by atoms with E-state index in [1.807, 2.05) is 59.3 Å². The monoisotopic (exact) mass is 277 g/mol. The molecule has 0 saturated heterocycles. The molecule has 0 amide bonds. The van der Waals surface area contributed by atoms with Gasteiger partial charge in [-0.25, -0.2) is 0 Å². The van der Waals surface area contributed by atoms with E-state index in [4.69, 9.17) is 10.5 Å². The molecule has 0 atom stereocenters. The summed E-state index contributed by atoms with van der Waals surface area (Å²) in [6.07, 6.45) is 3.86. The minimum atomic E-state index is 0.368. The Hall–Kier alpha value is -2.77. The van der Waals surface area contributed by atoms with Crippen molar-refractivity contribution in [2.24, 2.45) is 5.73 Å². The van der Waals surface area contributed by atoms with E-state index >= 15 is 0 Å². The first-order valence-corrected chi connectivity index (χ1v) is 6.72. The molecule has 0 aliphatic rings. The number of ether oxygens (including phenoxy) is 1. The van der Waals surface area contributed by atoms with Crippen LogP contribution in [0.25, 0.3) is 5.52 Å². The molecule has 2 N–H and O–H groups in total. The van der Waals surface area contributed by atoms with Crippen LogP contribution in [0.1, 0.15) is 16.7 Å². The minimum absolute atomic E-state index is 0.368. The standard InChI is InChI=1S/C17H15N3O/c18-9-13-4-6-15(7-5-13)21-12-14-11-20-8-2-1-3-17(20)16(14)10-19/h1-8,11H,9,12,18H2. The largest absolute Gasteiger partial charge is 0.489 e. The van der Waals surface area contributed by atoms with Crippen LogP contribution in [0, 0.1) is 11.3 Å². The Morgan fingerprint density at radius 2 is 1.95 bits per heavy atom. The summed E-state index contributed by atoms with van der Waals surface area (Å²) in [5.41, 5.74) is 9.07. The number of hydrogen-bond donors (Lipinski definition) is 1. The van der Waals surface area contributed by atoms with Crippen LogP contribution < -0.4 is 10.5 Å². The second-order valence-corrected chi connectivity index (χ2v) is 4.77. The third kappa shape index (κ3) is 2.60. The fraction of sp³-hybridized carbons (Fsp3) is 0.118. The first-order chi connectivity index (χ1) is 10.3. The molecule has 3 rings (SSSR count). The van der Waals surface area contributed by atoms with Gasteiger partial charge in [-0.3, -0.25) is 0 Å². The van der Waals surface area contributed by atoms with Crippen molar-refractivity contribution < 1.29 is 4.74 Å². The maximum Gasteiger partial charge on any atom is 0.119 e. The zero-order chi connectivity index (χ0) is 14.7. The minimum Gasteiger partial charge on any atom is -0.489 e. The summed E-state index contributed by atoms with van der Waals surface area (Å²) < 4.78 is 7.70. The number of nitrogens with two attached hydrogens (primary N) is 1. The van der Waals surface area contributed by atoms with Gasteiger partial charge < -0.3 is 14.9 Å². The highest BCUT2D eigenvalue weighted by molar-refractivity contribution is 5.65. The molecule has 0 aliphatic carbocycles. The van der Waals surface area contributed by atoms with E-state index in [9.17, 15) is 5.26 Å². The van der Waals surface area contributed by atoms with E-state index in [0.29, 0.717) is 18.7 Å². The van der Waals surface area contributed by atoms with Gasteiger partial charge in [-0.15, -0.1) is 0 Å². The predicted molar refractivity (Wildman–Crippen MR) is 80.8 cm³/mol. The highest BCUT2D eigenvalue weighted by atomic mass is 16.5. The average molecular weight is 277 g/mol. The Morgan fingerprint density at radius 3 is 2.67 bits per heavy atom. The molecule has 4 heteroatoms. The quantitative estimate of drug-likeness (QED) is 0.797. The topological polar surface area (TPSA) is 63.4 Å². The smallest absolute Gasteiger partial charge is 0.119 e. The first-order valence-electron chi connectivity index (χ1n) is 6.72. The number of fused-ring (bicyclic) bond motifs is 1. The van der Waals surface area contributed by atoms with E-state index in [2.05, 4.69) is 6.07 Å². The highest BCUT2D eigenvalue weighted by Gasteiger charge is 2.10. The van der Waals surface area contributed by atoms with Crippen LogP contribution >= 0.6 is 0 Å². The molecule has 104 valence electrons. The van der Waals surface area contributed by atoms with Crippen molar-refractivity contribution in [1.82, 2.24) is 4.40 Å². The second kappa shape index (κ2) is 5.70. The number of aromatic nitrogens is 1. The van der Waals surface area contributed by atoms with Gasteiger partial charge in [0, 0.05) is 24.5 Å². The summed E-state index contributed by atoms with van der Waals surface area (Å²) in [5, 5.41) is 9.34. The molecule has 0 bridgehead atoms. The molecule has 0 spiro atoms. The van der Waals surface area contributed by atoms with Crippen molar-refractivity contribution in [3.8, 4) is 11.8 Å². The lowest BCUT2D eigenvalue weighted by Gasteiger charge is -2.05. The van der Waals surface area contributed by atoms with Gasteiger partial charge in [0.15, 0.2) is 0 Å². The molecule has 0 unspecified atom stereocenters. The SMILES string of the molecule is N#Cc1c(COc2ccc(CN)cc2)cn2ccccc12. The van der Waals surface area contributed by atoms with Crippen LogP contribution in [-0.2, 0) is 13.2 Å². The lowest BCUT2D eigenvalue weighted by atomic mass is 10.2. The Morgan fingerprint density at radius 1 is 1.14 bits per heavy atom. The Bertz CT molecular complexity index is 797. The van der Waals surface area contributed by atoms with Crippen LogP contribution in [0.3, 0.4) is 0 Å². The molecule has 0 saturated carbocycles. The molecule has 0 aliphatic heterocycles. The van der Waals surface area contributed by atoms with Gasteiger partial charge in [0.1, 0.15) is 18.4 Å². The van der Waals surface area contributed by atoms with E-state index in [1.54, 1.807) is 0 Å². The summed E-state index contributed by atoms with van der Waals surface area (Å²) in [4.78, 5) is 0. The summed E-state index contributed by atoms with van der Waals surface area (Å²) in [7, 11) is 0. The predicted octanol–water partition coefficient (Wildman–Crippen LogP) is 2.85. The highest BCUT2D eigenvalue weighted by Crippen LogP contribution is 2.20. The van der Waals surface area contributed by atoms with Crippen molar-refractivity contribution in [2.75, 3.05) is 0 Å². The second-order valence-electron chi connectivity index (χ2n) is 4.77. The van der Waals surface area contributed by atoms with Gasteiger partial charge >= 0.3 is 0 Å². The summed E-state index contributed by atoms with van der Waals surface area (Å²) in [6, 6.07) is 15.7. The lowest BCUT2D eigenvalue weighted by Crippen LogP contribution is -1.98. The van der Waals surface area contributed by atoms with Crippen LogP contribution in [0.4, 0.5) is 0 Å². The van der Waals surface area contributed by atoms with Crippen molar-refractivity contribution in [3.63, 3.8) is 0 Å². The van der Waals surface area contributed by atoms with Gasteiger partial charge in [0.05, 0.1) is 11.1 Å². The van der Waals surface area contributed by atoms with Gasteiger partial charge in [0.2, 0.25) is 0 Å².